The molecule has 0 heterocycles. The maximum atomic E-state index is 5.85. The van der Waals surface area contributed by atoms with Gasteiger partial charge >= 0.3 is 0 Å². The van der Waals surface area contributed by atoms with Crippen molar-refractivity contribution in [1.29, 1.82) is 0 Å². The van der Waals surface area contributed by atoms with E-state index in [-0.39, 0.29) is 0 Å². The molecule has 0 amide bonds. The maximum absolute atomic E-state index is 5.85. The van der Waals surface area contributed by atoms with Crippen molar-refractivity contribution in [2.24, 2.45) is 23.5 Å². The lowest BCUT2D eigenvalue weighted by Crippen LogP contribution is -2.31. The van der Waals surface area contributed by atoms with Gasteiger partial charge in [-0.2, -0.15) is 0 Å². The summed E-state index contributed by atoms with van der Waals surface area (Å²) in [7, 11) is 0. The summed E-state index contributed by atoms with van der Waals surface area (Å²) < 4.78 is 5.85. The average molecular weight is 211 g/mol. The van der Waals surface area contributed by atoms with E-state index in [9.17, 15) is 0 Å². The van der Waals surface area contributed by atoms with Crippen LogP contribution in [0.15, 0.2) is 0 Å². The summed E-state index contributed by atoms with van der Waals surface area (Å²) in [6.45, 7) is 2.84. The van der Waals surface area contributed by atoms with Crippen LogP contribution in [0.3, 0.4) is 0 Å². The molecular weight excluding hydrogens is 186 g/mol. The highest BCUT2D eigenvalue weighted by Crippen LogP contribution is 2.31. The molecule has 0 aromatic heterocycles. The van der Waals surface area contributed by atoms with E-state index in [4.69, 9.17) is 10.5 Å². The molecule has 0 saturated heterocycles. The van der Waals surface area contributed by atoms with Crippen molar-refractivity contribution in [2.45, 2.75) is 44.9 Å². The fourth-order valence-corrected chi connectivity index (χ4v) is 2.86. The van der Waals surface area contributed by atoms with Crippen LogP contribution in [0.25, 0.3) is 0 Å². The Kier molecular flexibility index (Phi) is 4.45. The van der Waals surface area contributed by atoms with Crippen molar-refractivity contribution < 1.29 is 4.74 Å². The van der Waals surface area contributed by atoms with Gasteiger partial charge < -0.3 is 10.5 Å². The SMILES string of the molecule is NCC1CCCCC1COCC1CCC1. The van der Waals surface area contributed by atoms with Gasteiger partial charge in [-0.15, -0.1) is 0 Å². The maximum Gasteiger partial charge on any atom is 0.0497 e. The Hall–Kier alpha value is -0.0800. The molecule has 2 saturated carbocycles. The van der Waals surface area contributed by atoms with Crippen LogP contribution in [0.1, 0.15) is 44.9 Å². The minimum absolute atomic E-state index is 0.736. The molecule has 2 aliphatic carbocycles. The van der Waals surface area contributed by atoms with Gasteiger partial charge in [-0.1, -0.05) is 19.3 Å². The molecule has 2 rings (SSSR count). The van der Waals surface area contributed by atoms with Crippen LogP contribution in [0.5, 0.6) is 0 Å². The van der Waals surface area contributed by atoms with Gasteiger partial charge in [0.2, 0.25) is 0 Å². The largest absolute Gasteiger partial charge is 0.381 e. The molecule has 2 nitrogen and oxygen atoms in total. The second-order valence-corrected chi connectivity index (χ2v) is 5.37. The smallest absolute Gasteiger partial charge is 0.0497 e. The predicted octanol–water partition coefficient (Wildman–Crippen LogP) is 2.57. The lowest BCUT2D eigenvalue weighted by atomic mass is 9.79. The summed E-state index contributed by atoms with van der Waals surface area (Å²) >= 11 is 0. The van der Waals surface area contributed by atoms with E-state index < -0.39 is 0 Å². The molecule has 2 N–H and O–H groups in total. The molecule has 0 aromatic rings. The average Bonchev–Trinajstić information content (AvgIpc) is 2.22. The Morgan fingerprint density at radius 1 is 0.867 bits per heavy atom. The molecule has 0 aliphatic heterocycles. The summed E-state index contributed by atoms with van der Waals surface area (Å²) in [5, 5.41) is 0. The zero-order valence-corrected chi connectivity index (χ0v) is 9.79. The lowest BCUT2D eigenvalue weighted by Gasteiger charge is -2.32. The first-order valence-electron chi connectivity index (χ1n) is 6.68. The topological polar surface area (TPSA) is 35.2 Å². The minimum atomic E-state index is 0.736. The lowest BCUT2D eigenvalue weighted by molar-refractivity contribution is 0.0244. The summed E-state index contributed by atoms with van der Waals surface area (Å²) in [5.74, 6) is 2.37. The zero-order chi connectivity index (χ0) is 10.5. The fourth-order valence-electron chi connectivity index (χ4n) is 2.86. The second kappa shape index (κ2) is 5.86. The molecule has 0 radical (unpaired) electrons. The van der Waals surface area contributed by atoms with Crippen LogP contribution < -0.4 is 5.73 Å². The minimum Gasteiger partial charge on any atom is -0.381 e. The molecule has 2 fully saturated rings. The van der Waals surface area contributed by atoms with Crippen LogP contribution in [-0.2, 0) is 4.74 Å². The van der Waals surface area contributed by atoms with E-state index in [1.165, 1.54) is 44.9 Å². The van der Waals surface area contributed by atoms with Gasteiger partial charge in [0, 0.05) is 13.2 Å². The van der Waals surface area contributed by atoms with Crippen molar-refractivity contribution in [3.05, 3.63) is 0 Å². The highest BCUT2D eigenvalue weighted by atomic mass is 16.5. The normalized spacial score (nSPS) is 32.6. The molecular formula is C13H25NO. The van der Waals surface area contributed by atoms with E-state index in [1.54, 1.807) is 0 Å². The van der Waals surface area contributed by atoms with Gasteiger partial charge in [-0.25, -0.2) is 0 Å². The molecule has 0 spiro atoms. The van der Waals surface area contributed by atoms with Gasteiger partial charge in [0.05, 0.1) is 0 Å². The van der Waals surface area contributed by atoms with Crippen molar-refractivity contribution in [1.82, 2.24) is 0 Å². The van der Waals surface area contributed by atoms with E-state index >= 15 is 0 Å². The molecule has 0 aromatic carbocycles. The Morgan fingerprint density at radius 2 is 1.60 bits per heavy atom. The van der Waals surface area contributed by atoms with Crippen molar-refractivity contribution >= 4 is 0 Å². The standard InChI is InChI=1S/C13H25NO/c14-8-12-6-1-2-7-13(12)10-15-9-11-4-3-5-11/h11-13H,1-10,14H2. The third-order valence-corrected chi connectivity index (χ3v) is 4.28. The summed E-state index contributed by atoms with van der Waals surface area (Å²) in [4.78, 5) is 0. The van der Waals surface area contributed by atoms with Gasteiger partial charge in [-0.3, -0.25) is 0 Å². The number of hydrogen-bond donors (Lipinski definition) is 1. The number of hydrogen-bond acceptors (Lipinski definition) is 2. The highest BCUT2D eigenvalue weighted by molar-refractivity contribution is 4.76. The second-order valence-electron chi connectivity index (χ2n) is 5.37. The zero-order valence-electron chi connectivity index (χ0n) is 9.79. The summed E-state index contributed by atoms with van der Waals surface area (Å²) in [6.07, 6.45) is 9.63. The van der Waals surface area contributed by atoms with E-state index in [0.717, 1.165) is 37.5 Å². The quantitative estimate of drug-likeness (QED) is 0.758. The van der Waals surface area contributed by atoms with E-state index in [1.807, 2.05) is 0 Å². The molecule has 15 heavy (non-hydrogen) atoms. The predicted molar refractivity (Wildman–Crippen MR) is 62.7 cm³/mol. The molecule has 0 bridgehead atoms. The van der Waals surface area contributed by atoms with Gasteiger partial charge in [0.15, 0.2) is 0 Å². The van der Waals surface area contributed by atoms with Crippen LogP contribution in [-0.4, -0.2) is 19.8 Å². The fraction of sp³-hybridized carbons (Fsp3) is 1.00. The first kappa shape index (κ1) is 11.4. The Balaban J connectivity index is 1.62. The number of rotatable bonds is 5. The Morgan fingerprint density at radius 3 is 2.20 bits per heavy atom. The summed E-state index contributed by atoms with van der Waals surface area (Å²) in [6, 6.07) is 0. The molecule has 88 valence electrons. The third kappa shape index (κ3) is 3.18. The van der Waals surface area contributed by atoms with Crippen molar-refractivity contribution in [3.63, 3.8) is 0 Å². The first-order chi connectivity index (χ1) is 7.40. The Bertz CT molecular complexity index is 179. The molecule has 2 atom stereocenters. The third-order valence-electron chi connectivity index (χ3n) is 4.28. The molecule has 2 unspecified atom stereocenters. The Labute approximate surface area is 93.6 Å². The van der Waals surface area contributed by atoms with E-state index in [2.05, 4.69) is 0 Å². The molecule has 2 aliphatic rings. The van der Waals surface area contributed by atoms with Crippen LogP contribution in [0.2, 0.25) is 0 Å². The van der Waals surface area contributed by atoms with Crippen LogP contribution in [0, 0.1) is 17.8 Å². The van der Waals surface area contributed by atoms with Gasteiger partial charge in [-0.05, 0) is 50.0 Å². The van der Waals surface area contributed by atoms with E-state index in [0.29, 0.717) is 0 Å². The summed E-state index contributed by atoms with van der Waals surface area (Å²) in [5.41, 5.74) is 5.81. The number of nitrogens with two attached hydrogens (primary N) is 1. The van der Waals surface area contributed by atoms with Crippen molar-refractivity contribution in [3.8, 4) is 0 Å². The number of ether oxygens (including phenoxy) is 1. The van der Waals surface area contributed by atoms with Crippen LogP contribution in [0.4, 0.5) is 0 Å². The first-order valence-corrected chi connectivity index (χ1v) is 6.68. The monoisotopic (exact) mass is 211 g/mol. The van der Waals surface area contributed by atoms with Gasteiger partial charge in [0.1, 0.15) is 0 Å². The van der Waals surface area contributed by atoms with Gasteiger partial charge in [0.25, 0.3) is 0 Å². The van der Waals surface area contributed by atoms with Crippen LogP contribution >= 0.6 is 0 Å². The molecule has 2 heteroatoms. The van der Waals surface area contributed by atoms with Crippen molar-refractivity contribution in [2.75, 3.05) is 19.8 Å². The highest BCUT2D eigenvalue weighted by Gasteiger charge is 2.25.